The van der Waals surface area contributed by atoms with E-state index in [1.165, 1.54) is 5.56 Å². The van der Waals surface area contributed by atoms with E-state index in [1.54, 1.807) is 0 Å². The quantitative estimate of drug-likeness (QED) is 0.610. The lowest BCUT2D eigenvalue weighted by atomic mass is 9.37. The third-order valence-electron chi connectivity index (χ3n) is 8.01. The van der Waals surface area contributed by atoms with Crippen LogP contribution in [0.4, 0.5) is 0 Å². The average molecular weight is 345 g/mol. The molecular weight excluding hydrogens is 308 g/mol. The summed E-state index contributed by atoms with van der Waals surface area (Å²) in [5.74, 6) is -0.204. The van der Waals surface area contributed by atoms with Crippen molar-refractivity contribution in [2.75, 3.05) is 0 Å². The van der Waals surface area contributed by atoms with Crippen LogP contribution in [-0.4, -0.2) is 11.1 Å². The molecule has 0 fully saturated rings. The van der Waals surface area contributed by atoms with E-state index in [0.717, 1.165) is 37.7 Å². The summed E-state index contributed by atoms with van der Waals surface area (Å²) in [5, 5.41) is 10.6. The first kappa shape index (κ1) is 20.0. The molecule has 0 radical (unpaired) electrons. The monoisotopic (exact) mass is 344 g/mol. The van der Waals surface area contributed by atoms with Gasteiger partial charge in [0.25, 0.3) is 0 Å². The Balaban J connectivity index is 3.06. The van der Waals surface area contributed by atoms with Crippen molar-refractivity contribution in [3.8, 4) is 0 Å². The summed E-state index contributed by atoms with van der Waals surface area (Å²) < 4.78 is 0. The van der Waals surface area contributed by atoms with Crippen molar-refractivity contribution >= 4 is 5.97 Å². The zero-order valence-corrected chi connectivity index (χ0v) is 17.0. The fraction of sp³-hybridized carbons (Fsp3) is 0.696. The average Bonchev–Trinajstić information content (AvgIpc) is 2.65. The van der Waals surface area contributed by atoms with Crippen LogP contribution in [0.2, 0.25) is 0 Å². The van der Waals surface area contributed by atoms with Gasteiger partial charge in [-0.15, -0.1) is 0 Å². The minimum atomic E-state index is -0.801. The molecule has 0 amide bonds. The van der Waals surface area contributed by atoms with Crippen molar-refractivity contribution in [2.45, 2.75) is 91.4 Å². The fourth-order valence-electron chi connectivity index (χ4n) is 7.09. The molecule has 0 saturated heterocycles. The number of hydrogen-bond donors (Lipinski definition) is 1. The highest BCUT2D eigenvalue weighted by Crippen LogP contribution is 2.71. The summed E-state index contributed by atoms with van der Waals surface area (Å²) in [7, 11) is 0. The Labute approximate surface area is 154 Å². The zero-order valence-electron chi connectivity index (χ0n) is 17.0. The molecule has 0 bridgehead atoms. The molecule has 0 saturated carbocycles. The maximum atomic E-state index is 12.9. The predicted molar refractivity (Wildman–Crippen MR) is 105 cm³/mol. The van der Waals surface area contributed by atoms with Crippen molar-refractivity contribution in [2.24, 2.45) is 10.8 Å². The van der Waals surface area contributed by atoms with Gasteiger partial charge in [-0.25, -0.2) is 0 Å². The summed E-state index contributed by atoms with van der Waals surface area (Å²) in [5.41, 5.74) is 1.37. The SMILES string of the molecule is CCC1c2ccccc2C(CC)(C(=O)O)C(CC)(CC)C1(CC)CC. The Kier molecular flexibility index (Phi) is 5.71. The highest BCUT2D eigenvalue weighted by molar-refractivity contribution is 5.84. The van der Waals surface area contributed by atoms with Crippen molar-refractivity contribution < 1.29 is 9.90 Å². The summed E-state index contributed by atoms with van der Waals surface area (Å²) >= 11 is 0. The Morgan fingerprint density at radius 1 is 0.920 bits per heavy atom. The highest BCUT2D eigenvalue weighted by Gasteiger charge is 2.68. The molecule has 2 heteroatoms. The van der Waals surface area contributed by atoms with Crippen LogP contribution in [0.1, 0.15) is 97.1 Å². The van der Waals surface area contributed by atoms with Gasteiger partial charge in [-0.3, -0.25) is 4.79 Å². The van der Waals surface area contributed by atoms with E-state index in [9.17, 15) is 9.90 Å². The number of carboxylic acid groups (broad SMARTS) is 1. The second-order valence-corrected chi connectivity index (χ2v) is 7.76. The minimum absolute atomic E-state index is 0.0218. The molecule has 2 nitrogen and oxygen atoms in total. The van der Waals surface area contributed by atoms with Gasteiger partial charge in [0.15, 0.2) is 0 Å². The van der Waals surface area contributed by atoms with Crippen LogP contribution in [0, 0.1) is 10.8 Å². The van der Waals surface area contributed by atoms with E-state index < -0.39 is 11.4 Å². The van der Waals surface area contributed by atoms with E-state index in [0.29, 0.717) is 12.3 Å². The van der Waals surface area contributed by atoms with E-state index in [4.69, 9.17) is 0 Å². The normalized spacial score (nSPS) is 26.9. The van der Waals surface area contributed by atoms with Gasteiger partial charge in [0, 0.05) is 0 Å². The third kappa shape index (κ3) is 2.18. The number of rotatable bonds is 7. The van der Waals surface area contributed by atoms with E-state index in [2.05, 4.69) is 59.7 Å². The first-order valence-electron chi connectivity index (χ1n) is 10.3. The van der Waals surface area contributed by atoms with Gasteiger partial charge in [-0.05, 0) is 66.4 Å². The molecule has 140 valence electrons. The summed E-state index contributed by atoms with van der Waals surface area (Å²) in [6.07, 6.45) is 5.62. The Morgan fingerprint density at radius 3 is 1.88 bits per heavy atom. The smallest absolute Gasteiger partial charge is 0.314 e. The van der Waals surface area contributed by atoms with Crippen LogP contribution in [0.5, 0.6) is 0 Å². The largest absolute Gasteiger partial charge is 0.481 e. The molecule has 0 spiro atoms. The molecule has 2 atom stereocenters. The van der Waals surface area contributed by atoms with Gasteiger partial charge < -0.3 is 5.11 Å². The number of hydrogen-bond acceptors (Lipinski definition) is 1. The number of fused-ring (bicyclic) bond motifs is 1. The second kappa shape index (κ2) is 7.13. The third-order valence-corrected chi connectivity index (χ3v) is 8.01. The Bertz CT molecular complexity index is 610. The molecule has 1 aromatic carbocycles. The molecule has 25 heavy (non-hydrogen) atoms. The minimum Gasteiger partial charge on any atom is -0.481 e. The zero-order chi connectivity index (χ0) is 18.9. The second-order valence-electron chi connectivity index (χ2n) is 7.76. The Hall–Kier alpha value is -1.31. The standard InChI is InChI=1S/C23H36O2/c1-7-18-17-15-13-14-16-19(17)23(12-6,20(24)25)22(10-4,11-5)21(18,8-2)9-3/h13-16,18H,7-12H2,1-6H3,(H,24,25). The lowest BCUT2D eigenvalue weighted by Gasteiger charge is -2.65. The molecule has 1 N–H and O–H groups in total. The van der Waals surface area contributed by atoms with Crippen molar-refractivity contribution in [3.05, 3.63) is 35.4 Å². The van der Waals surface area contributed by atoms with Crippen molar-refractivity contribution in [3.63, 3.8) is 0 Å². The van der Waals surface area contributed by atoms with E-state index in [-0.39, 0.29) is 10.8 Å². The lowest BCUT2D eigenvalue weighted by molar-refractivity contribution is -0.167. The molecule has 0 aliphatic heterocycles. The van der Waals surface area contributed by atoms with Crippen LogP contribution < -0.4 is 0 Å². The molecule has 0 heterocycles. The van der Waals surface area contributed by atoms with Gasteiger partial charge in [-0.2, -0.15) is 0 Å². The summed E-state index contributed by atoms with van der Waals surface area (Å²) in [4.78, 5) is 12.9. The van der Waals surface area contributed by atoms with Gasteiger partial charge in [0.2, 0.25) is 0 Å². The maximum Gasteiger partial charge on any atom is 0.314 e. The van der Waals surface area contributed by atoms with Crippen molar-refractivity contribution in [1.29, 1.82) is 0 Å². The van der Waals surface area contributed by atoms with E-state index in [1.807, 2.05) is 6.07 Å². The van der Waals surface area contributed by atoms with Gasteiger partial charge >= 0.3 is 5.97 Å². The first-order valence-corrected chi connectivity index (χ1v) is 10.3. The number of aliphatic carboxylic acids is 1. The van der Waals surface area contributed by atoms with Crippen LogP contribution in [0.15, 0.2) is 24.3 Å². The summed E-state index contributed by atoms with van der Waals surface area (Å²) in [6, 6.07) is 8.42. The molecular formula is C23H36O2. The Morgan fingerprint density at radius 2 is 1.48 bits per heavy atom. The number of carboxylic acids is 1. The highest BCUT2D eigenvalue weighted by atomic mass is 16.4. The fourth-order valence-corrected chi connectivity index (χ4v) is 7.09. The first-order chi connectivity index (χ1) is 11.9. The molecule has 1 aromatic rings. The van der Waals surface area contributed by atoms with Crippen LogP contribution in [0.25, 0.3) is 0 Å². The lowest BCUT2D eigenvalue weighted by Crippen LogP contribution is -2.64. The van der Waals surface area contributed by atoms with Crippen molar-refractivity contribution in [1.82, 2.24) is 0 Å². The molecule has 1 aliphatic rings. The van der Waals surface area contributed by atoms with Gasteiger partial charge in [-0.1, -0.05) is 65.8 Å². The maximum absolute atomic E-state index is 12.9. The van der Waals surface area contributed by atoms with Gasteiger partial charge in [0.05, 0.1) is 5.41 Å². The molecule has 0 aromatic heterocycles. The molecule has 1 aliphatic carbocycles. The molecule has 2 unspecified atom stereocenters. The summed E-state index contributed by atoms with van der Waals surface area (Å²) in [6.45, 7) is 13.4. The number of benzene rings is 1. The predicted octanol–water partition coefficient (Wildman–Crippen LogP) is 6.54. The topological polar surface area (TPSA) is 37.3 Å². The van der Waals surface area contributed by atoms with E-state index >= 15 is 0 Å². The van der Waals surface area contributed by atoms with Crippen LogP contribution in [-0.2, 0) is 10.2 Å². The van der Waals surface area contributed by atoms with Crippen LogP contribution >= 0.6 is 0 Å². The van der Waals surface area contributed by atoms with Gasteiger partial charge in [0.1, 0.15) is 0 Å². The number of carbonyl (C=O) groups is 1. The molecule has 2 rings (SSSR count). The van der Waals surface area contributed by atoms with Crippen LogP contribution in [0.3, 0.4) is 0 Å².